The number of hydrogen-bond donors (Lipinski definition) is 2. The monoisotopic (exact) mass is 1260 g/mol. The van der Waals surface area contributed by atoms with Crippen LogP contribution in [0, 0.1) is 17.6 Å². The van der Waals surface area contributed by atoms with Crippen LogP contribution in [0.3, 0.4) is 0 Å². The summed E-state index contributed by atoms with van der Waals surface area (Å²) in [6.45, 7) is 23.3. The van der Waals surface area contributed by atoms with Crippen LogP contribution in [0.5, 0.6) is 11.8 Å². The molecule has 0 spiro atoms. The second-order valence-corrected chi connectivity index (χ2v) is 33.2. The molecule has 6 saturated heterocycles. The zero-order chi connectivity index (χ0) is 63.6. The van der Waals surface area contributed by atoms with Crippen molar-refractivity contribution in [3.05, 3.63) is 81.9 Å². The van der Waals surface area contributed by atoms with E-state index in [1.165, 1.54) is 16.2 Å². The highest BCUT2D eigenvalue weighted by Crippen LogP contribution is 2.47. The Kier molecular flexibility index (Phi) is 18.0. The first-order valence-corrected chi connectivity index (χ1v) is 35.2. The molecule has 3 aromatic carbocycles. The number of imide groups is 1. The molecule has 484 valence electrons. The maximum atomic E-state index is 18.1. The molecule has 3 aromatic heterocycles. The predicted molar refractivity (Wildman–Crippen MR) is 345 cm³/mol. The van der Waals surface area contributed by atoms with Gasteiger partial charge in [-0.2, -0.15) is 9.97 Å². The van der Waals surface area contributed by atoms with E-state index in [1.807, 2.05) is 34.9 Å². The number of benzene rings is 3. The Morgan fingerprint density at radius 2 is 1.64 bits per heavy atom. The molecule has 0 radical (unpaired) electrons. The average Bonchev–Trinajstić information content (AvgIpc) is 1.40. The number of carbonyl (C=O) groups is 3. The number of aliphatic hydroxyl groups is 1. The van der Waals surface area contributed by atoms with E-state index in [9.17, 15) is 24.3 Å². The topological polar surface area (TPSA) is 199 Å². The molecule has 2 unspecified atom stereocenters. The number of pyridine rings is 1. The Hall–Kier alpha value is -6.59. The Morgan fingerprint density at radius 3 is 2.37 bits per heavy atom. The molecule has 6 fully saturated rings. The minimum Gasteiger partial charge on any atom is -0.543 e. The van der Waals surface area contributed by atoms with Crippen LogP contribution in [-0.2, 0) is 32.5 Å². The fourth-order valence-electron chi connectivity index (χ4n) is 16.6. The number of rotatable bonds is 17. The summed E-state index contributed by atoms with van der Waals surface area (Å²) in [6, 6.07) is 12.4. The van der Waals surface area contributed by atoms with Gasteiger partial charge in [0.25, 0.3) is 8.32 Å². The number of carbonyl (C=O) groups excluding carboxylic acids is 3. The number of nitrogens with one attached hydrogen (secondary N) is 1. The summed E-state index contributed by atoms with van der Waals surface area (Å²) in [5.41, 5.74) is 2.43. The molecule has 90 heavy (non-hydrogen) atoms. The van der Waals surface area contributed by atoms with Crippen molar-refractivity contribution in [2.24, 2.45) is 13.0 Å². The normalized spacial score (nSPS) is 23.7. The maximum Gasteiger partial charge on any atom is 0.409 e. The van der Waals surface area contributed by atoms with Gasteiger partial charge in [-0.15, -0.1) is 0 Å². The van der Waals surface area contributed by atoms with Crippen LogP contribution >= 0.6 is 0 Å². The van der Waals surface area contributed by atoms with Gasteiger partial charge in [0.2, 0.25) is 11.8 Å². The minimum absolute atomic E-state index is 0.00375. The Morgan fingerprint density at radius 1 is 0.889 bits per heavy atom. The van der Waals surface area contributed by atoms with Gasteiger partial charge in [0.05, 0.1) is 41.7 Å². The molecular formula is C68H90F2N10O9Si. The molecule has 3 amide bonds. The number of imidazole rings is 1. The lowest BCUT2D eigenvalue weighted by molar-refractivity contribution is -0.135. The summed E-state index contributed by atoms with van der Waals surface area (Å²) in [7, 11) is -0.767. The van der Waals surface area contributed by atoms with Crippen LogP contribution < -0.4 is 25.1 Å². The number of β-amino-alcohol motifs (C(OH)–C–C–N with tert-alkyl or cyclic N) is 1. The van der Waals surface area contributed by atoms with Crippen LogP contribution in [0.2, 0.25) is 16.6 Å². The van der Waals surface area contributed by atoms with E-state index >= 15 is 8.78 Å². The fraction of sp³-hybridized carbons (Fsp3) is 0.603. The highest BCUT2D eigenvalue weighted by Gasteiger charge is 2.51. The van der Waals surface area contributed by atoms with Crippen molar-refractivity contribution in [2.75, 3.05) is 83.7 Å². The summed E-state index contributed by atoms with van der Waals surface area (Å²) in [4.78, 5) is 75.1. The third-order valence-corrected chi connectivity index (χ3v) is 27.1. The first-order valence-electron chi connectivity index (χ1n) is 33.0. The molecule has 0 aliphatic carbocycles. The lowest BCUT2D eigenvalue weighted by Crippen LogP contribution is -2.50. The molecule has 2 N–H and O–H groups in total. The lowest BCUT2D eigenvalue weighted by atomic mass is 9.88. The number of nitrogens with zero attached hydrogens (tertiary/aromatic N) is 9. The summed E-state index contributed by atoms with van der Waals surface area (Å²) in [5, 5.41) is 15.4. The van der Waals surface area contributed by atoms with Crippen molar-refractivity contribution in [2.45, 2.75) is 172 Å². The van der Waals surface area contributed by atoms with E-state index in [0.29, 0.717) is 89.9 Å². The highest BCUT2D eigenvalue weighted by molar-refractivity contribution is 6.78. The van der Waals surface area contributed by atoms with Crippen LogP contribution in [0.15, 0.2) is 53.5 Å². The molecular weight excluding hydrogens is 1170 g/mol. The number of aromatic nitrogens is 5. The molecule has 0 saturated carbocycles. The first kappa shape index (κ1) is 63.6. The van der Waals surface area contributed by atoms with Crippen molar-refractivity contribution in [1.82, 2.24) is 44.1 Å². The number of aryl methyl sites for hydroxylation is 2. The maximum absolute atomic E-state index is 18.1. The number of halogens is 2. The van der Waals surface area contributed by atoms with Crippen LogP contribution in [-0.4, -0.2) is 166 Å². The van der Waals surface area contributed by atoms with Gasteiger partial charge in [0.1, 0.15) is 53.5 Å². The number of amides is 3. The number of piperidine rings is 3. The second kappa shape index (κ2) is 25.5. The average molecular weight is 1260 g/mol. The summed E-state index contributed by atoms with van der Waals surface area (Å²) >= 11 is 0. The van der Waals surface area contributed by atoms with E-state index < -0.39 is 31.7 Å². The number of hydrogen-bond acceptors (Lipinski definition) is 15. The smallest absolute Gasteiger partial charge is 0.409 e. The molecule has 6 aliphatic heterocycles. The van der Waals surface area contributed by atoms with Crippen LogP contribution in [0.4, 0.5) is 19.4 Å². The zero-order valence-electron chi connectivity index (χ0n) is 53.9. The Bertz CT molecular complexity index is 3740. The number of likely N-dealkylation sites (tertiary alicyclic amines) is 2. The molecule has 9 heterocycles. The van der Waals surface area contributed by atoms with Gasteiger partial charge in [0, 0.05) is 57.4 Å². The van der Waals surface area contributed by atoms with Crippen LogP contribution in [0.25, 0.3) is 44.0 Å². The molecule has 22 heteroatoms. The highest BCUT2D eigenvalue weighted by atomic mass is 28.4. The molecule has 12 rings (SSSR count). The second-order valence-electron chi connectivity index (χ2n) is 27.9. The standard InChI is InChI=1S/C68H90F2N10O9Si/c1-10-50-53(69)14-12-47-32-49(89-90(41(2)3,42(4)5)43(6)7)34-51(58(47)50)60-59(70)61-52(35-71-60)62(78-30-31-86-39-67(8,85)38-78)74-64(73-61)88-40-68-23-11-25-79(68)48(18-24-68)37-87-66(84)77-28-19-44(20-29-77)36-76-26-21-45(22-27-76)46-13-15-54-56(33-46)75(9)65(83)80(54)55-16-17-57(81)72-63(55)82/h12-15,32-35,41-45,48,55,85H,10-11,16-31,36-40H2,1-9H3,(H,72,81,82)/t48-,55?,67?,68-/m0/s1. The lowest BCUT2D eigenvalue weighted by Gasteiger charge is -2.42. The van der Waals surface area contributed by atoms with Gasteiger partial charge in [-0.1, -0.05) is 60.6 Å². The Labute approximate surface area is 526 Å². The SMILES string of the molecule is CCc1c(F)ccc2cc(O[Si](C(C)C)(C(C)C)C(C)C)cc(-c3ncc4c(N5CCOCC(C)(O)C5)nc(OC[C@@]56CCCN5[C@H](COC(=O)N5CCC(CN7CCC(c8ccc9c(c8)n(C)c(=O)n9C8CCC(=O)NC8=O)CC7)CC5)CC6)nc4c3F)c12. The van der Waals surface area contributed by atoms with Gasteiger partial charge in [0.15, 0.2) is 5.82 Å². The van der Waals surface area contributed by atoms with Gasteiger partial charge < -0.3 is 38.4 Å². The third-order valence-electron chi connectivity index (χ3n) is 21.1. The number of ether oxygens (including phenoxy) is 3. The Balaban J connectivity index is 0.705. The van der Waals surface area contributed by atoms with Gasteiger partial charge in [-0.3, -0.25) is 33.9 Å². The summed E-state index contributed by atoms with van der Waals surface area (Å²) < 4.78 is 63.0. The van der Waals surface area contributed by atoms with Gasteiger partial charge >= 0.3 is 17.8 Å². The quantitative estimate of drug-likeness (QED) is 0.0645. The molecule has 6 aliphatic rings. The van der Waals surface area contributed by atoms with Gasteiger partial charge in [-0.05, 0) is 171 Å². The fourth-order valence-corrected chi connectivity index (χ4v) is 21.8. The van der Waals surface area contributed by atoms with Crippen molar-refractivity contribution in [3.8, 4) is 23.0 Å². The third kappa shape index (κ3) is 12.0. The predicted octanol–water partition coefficient (Wildman–Crippen LogP) is 10.6. The van der Waals surface area contributed by atoms with E-state index in [2.05, 4.69) is 68.8 Å². The minimum atomic E-state index is -2.50. The van der Waals surface area contributed by atoms with Crippen LogP contribution in [0.1, 0.15) is 143 Å². The van der Waals surface area contributed by atoms with Crippen molar-refractivity contribution in [1.29, 1.82) is 0 Å². The van der Waals surface area contributed by atoms with E-state index in [1.54, 1.807) is 30.8 Å². The summed E-state index contributed by atoms with van der Waals surface area (Å²) in [5.74, 6) is -0.0734. The molecule has 19 nitrogen and oxygen atoms in total. The zero-order valence-corrected chi connectivity index (χ0v) is 54.9. The molecule has 6 aromatic rings. The van der Waals surface area contributed by atoms with Crippen molar-refractivity contribution >= 4 is 64.8 Å². The molecule has 4 atom stereocenters. The van der Waals surface area contributed by atoms with E-state index in [4.69, 9.17) is 33.6 Å². The number of anilines is 1. The molecule has 0 bridgehead atoms. The van der Waals surface area contributed by atoms with E-state index in [-0.39, 0.29) is 102 Å². The first-order chi connectivity index (χ1) is 43.1. The van der Waals surface area contributed by atoms with Crippen molar-refractivity contribution in [3.63, 3.8) is 0 Å². The number of fused-ring (bicyclic) bond motifs is 4. The summed E-state index contributed by atoms with van der Waals surface area (Å²) in [6.07, 6.45) is 9.36. The van der Waals surface area contributed by atoms with Gasteiger partial charge in [-0.25, -0.2) is 18.4 Å². The van der Waals surface area contributed by atoms with Crippen molar-refractivity contribution < 1.29 is 46.9 Å². The largest absolute Gasteiger partial charge is 0.543 e. The van der Waals surface area contributed by atoms with E-state index in [0.717, 1.165) is 88.4 Å².